The zero-order valence-electron chi connectivity index (χ0n) is 14.0. The van der Waals surface area contributed by atoms with E-state index in [0.29, 0.717) is 12.1 Å². The van der Waals surface area contributed by atoms with Crippen LogP contribution in [0.1, 0.15) is 30.6 Å². The molecule has 0 aliphatic heterocycles. The molecule has 0 saturated heterocycles. The number of halogens is 1. The van der Waals surface area contributed by atoms with Crippen molar-refractivity contribution < 1.29 is 0 Å². The van der Waals surface area contributed by atoms with Gasteiger partial charge in [-0.25, -0.2) is 0 Å². The zero-order chi connectivity index (χ0) is 17.1. The monoisotopic (exact) mass is 371 g/mol. The summed E-state index contributed by atoms with van der Waals surface area (Å²) in [5.41, 5.74) is 2.11. The number of pyridine rings is 1. The van der Waals surface area contributed by atoms with Gasteiger partial charge in [-0.1, -0.05) is 17.7 Å². The number of nitrogens with zero attached hydrogens (tertiary/aromatic N) is 1. The van der Waals surface area contributed by atoms with E-state index in [9.17, 15) is 0 Å². The summed E-state index contributed by atoms with van der Waals surface area (Å²) in [6.07, 6.45) is 6.68. The van der Waals surface area contributed by atoms with E-state index in [1.165, 1.54) is 30.6 Å². The molecule has 0 radical (unpaired) electrons. The van der Waals surface area contributed by atoms with E-state index in [4.69, 9.17) is 11.6 Å². The van der Waals surface area contributed by atoms with Gasteiger partial charge in [0.2, 0.25) is 0 Å². The maximum Gasteiger partial charge on any atom is 0.0737 e. The molecule has 0 spiro atoms. The first-order valence-corrected chi connectivity index (χ1v) is 10.1. The average molecular weight is 372 g/mol. The number of nitrogens with one attached hydrogen (secondary N) is 2. The number of hydrogen-bond acceptors (Lipinski definition) is 4. The summed E-state index contributed by atoms with van der Waals surface area (Å²) in [7, 11) is 0. The molecule has 0 atom stereocenters. The van der Waals surface area contributed by atoms with Crippen LogP contribution in [0.4, 0.5) is 5.69 Å². The standard InChI is InChI=1S/C20H22ClN3S/c21-14-3-8-18-19(9-10-22-20(18)12-14)24-16-6-4-15(5-7-16)23-13-17-2-1-11-25-17/h1-3,8-12,15-16,23H,4-7,13H2,(H,22,24)/t15-,16+. The van der Waals surface area contributed by atoms with Gasteiger partial charge in [-0.05, 0) is 61.4 Å². The second-order valence-electron chi connectivity index (χ2n) is 6.67. The van der Waals surface area contributed by atoms with Crippen molar-refractivity contribution >= 4 is 39.5 Å². The first-order valence-electron chi connectivity index (χ1n) is 8.84. The normalized spacial score (nSPS) is 20.7. The second kappa shape index (κ2) is 7.73. The van der Waals surface area contributed by atoms with Gasteiger partial charge >= 0.3 is 0 Å². The second-order valence-corrected chi connectivity index (χ2v) is 8.14. The quantitative estimate of drug-likeness (QED) is 0.625. The molecule has 4 rings (SSSR count). The molecule has 1 aromatic carbocycles. The highest BCUT2D eigenvalue weighted by atomic mass is 35.5. The Balaban J connectivity index is 1.34. The molecule has 2 aromatic heterocycles. The molecular formula is C20H22ClN3S. The van der Waals surface area contributed by atoms with E-state index < -0.39 is 0 Å². The summed E-state index contributed by atoms with van der Waals surface area (Å²) in [5.74, 6) is 0. The minimum atomic E-state index is 0.529. The number of fused-ring (bicyclic) bond motifs is 1. The number of anilines is 1. The fourth-order valence-electron chi connectivity index (χ4n) is 3.57. The Labute approximate surface area is 157 Å². The first-order chi connectivity index (χ1) is 12.3. The fraction of sp³-hybridized carbons (Fsp3) is 0.350. The predicted molar refractivity (Wildman–Crippen MR) is 108 cm³/mol. The molecule has 25 heavy (non-hydrogen) atoms. The molecular weight excluding hydrogens is 350 g/mol. The Morgan fingerprint density at radius 3 is 2.72 bits per heavy atom. The summed E-state index contributed by atoms with van der Waals surface area (Å²) in [4.78, 5) is 5.84. The van der Waals surface area contributed by atoms with Crippen LogP contribution < -0.4 is 10.6 Å². The van der Waals surface area contributed by atoms with Crippen LogP contribution in [0.3, 0.4) is 0 Å². The van der Waals surface area contributed by atoms with Crippen LogP contribution in [0.15, 0.2) is 48.0 Å². The minimum Gasteiger partial charge on any atom is -0.382 e. The van der Waals surface area contributed by atoms with Crippen molar-refractivity contribution in [3.8, 4) is 0 Å². The van der Waals surface area contributed by atoms with E-state index in [1.807, 2.05) is 29.7 Å². The number of aromatic nitrogens is 1. The minimum absolute atomic E-state index is 0.529. The van der Waals surface area contributed by atoms with E-state index in [2.05, 4.69) is 45.3 Å². The van der Waals surface area contributed by atoms with Crippen LogP contribution in [-0.4, -0.2) is 17.1 Å². The molecule has 0 bridgehead atoms. The van der Waals surface area contributed by atoms with Gasteiger partial charge in [-0.2, -0.15) is 0 Å². The highest BCUT2D eigenvalue weighted by Crippen LogP contribution is 2.28. The molecule has 0 amide bonds. The zero-order valence-corrected chi connectivity index (χ0v) is 15.6. The summed E-state index contributed by atoms with van der Waals surface area (Å²) in [6, 6.07) is 13.5. The Bertz CT molecular complexity index is 826. The van der Waals surface area contributed by atoms with Crippen LogP contribution in [0, 0.1) is 0 Å². The maximum atomic E-state index is 6.08. The molecule has 3 aromatic rings. The lowest BCUT2D eigenvalue weighted by atomic mass is 9.91. The van der Waals surface area contributed by atoms with Crippen molar-refractivity contribution in [3.05, 3.63) is 57.9 Å². The van der Waals surface area contributed by atoms with Crippen LogP contribution in [-0.2, 0) is 6.54 Å². The fourth-order valence-corrected chi connectivity index (χ4v) is 4.39. The molecule has 1 aliphatic rings. The van der Waals surface area contributed by atoms with Gasteiger partial charge in [0.25, 0.3) is 0 Å². The highest BCUT2D eigenvalue weighted by molar-refractivity contribution is 7.09. The van der Waals surface area contributed by atoms with Gasteiger partial charge in [0, 0.05) is 45.8 Å². The summed E-state index contributed by atoms with van der Waals surface area (Å²) in [6.45, 7) is 0.996. The summed E-state index contributed by atoms with van der Waals surface area (Å²) >= 11 is 7.90. The SMILES string of the molecule is Clc1ccc2c(N[C@H]3CC[C@@H](NCc4cccs4)CC3)ccnc2c1. The van der Waals surface area contributed by atoms with Crippen molar-refractivity contribution in [1.82, 2.24) is 10.3 Å². The molecule has 2 heterocycles. The molecule has 1 fully saturated rings. The van der Waals surface area contributed by atoms with E-state index in [0.717, 1.165) is 28.2 Å². The molecule has 130 valence electrons. The lowest BCUT2D eigenvalue weighted by molar-refractivity contribution is 0.354. The number of hydrogen-bond donors (Lipinski definition) is 2. The van der Waals surface area contributed by atoms with Gasteiger partial charge in [-0.3, -0.25) is 4.98 Å². The average Bonchev–Trinajstić information content (AvgIpc) is 3.15. The third-order valence-corrected chi connectivity index (χ3v) is 6.05. The van der Waals surface area contributed by atoms with Gasteiger partial charge in [0.05, 0.1) is 5.52 Å². The topological polar surface area (TPSA) is 37.0 Å². The smallest absolute Gasteiger partial charge is 0.0737 e. The number of benzene rings is 1. The van der Waals surface area contributed by atoms with E-state index >= 15 is 0 Å². The van der Waals surface area contributed by atoms with Gasteiger partial charge in [0.15, 0.2) is 0 Å². The predicted octanol–water partition coefficient (Wildman–Crippen LogP) is 5.46. The van der Waals surface area contributed by atoms with Crippen LogP contribution in [0.2, 0.25) is 5.02 Å². The van der Waals surface area contributed by atoms with Crippen molar-refractivity contribution in [1.29, 1.82) is 0 Å². The highest BCUT2D eigenvalue weighted by Gasteiger charge is 2.21. The molecule has 1 aliphatic carbocycles. The third kappa shape index (κ3) is 4.14. The van der Waals surface area contributed by atoms with Crippen LogP contribution in [0.5, 0.6) is 0 Å². The van der Waals surface area contributed by atoms with Crippen LogP contribution in [0.25, 0.3) is 10.9 Å². The Morgan fingerprint density at radius 1 is 1.08 bits per heavy atom. The Morgan fingerprint density at radius 2 is 1.92 bits per heavy atom. The van der Waals surface area contributed by atoms with E-state index in [-0.39, 0.29) is 0 Å². The Kier molecular flexibility index (Phi) is 5.20. The molecule has 5 heteroatoms. The molecule has 3 nitrogen and oxygen atoms in total. The number of thiophene rings is 1. The Hall–Kier alpha value is -1.62. The van der Waals surface area contributed by atoms with Gasteiger partial charge in [0.1, 0.15) is 0 Å². The summed E-state index contributed by atoms with van der Waals surface area (Å²) < 4.78 is 0. The maximum absolute atomic E-state index is 6.08. The summed E-state index contributed by atoms with van der Waals surface area (Å²) in [5, 5.41) is 11.4. The lowest BCUT2D eigenvalue weighted by Crippen LogP contribution is -2.36. The van der Waals surface area contributed by atoms with Crippen LogP contribution >= 0.6 is 22.9 Å². The van der Waals surface area contributed by atoms with E-state index in [1.54, 1.807) is 0 Å². The van der Waals surface area contributed by atoms with Crippen molar-refractivity contribution in [2.45, 2.75) is 44.3 Å². The van der Waals surface area contributed by atoms with Crippen molar-refractivity contribution in [3.63, 3.8) is 0 Å². The van der Waals surface area contributed by atoms with Gasteiger partial charge in [-0.15, -0.1) is 11.3 Å². The molecule has 2 N–H and O–H groups in total. The van der Waals surface area contributed by atoms with Crippen molar-refractivity contribution in [2.24, 2.45) is 0 Å². The molecule has 1 saturated carbocycles. The first kappa shape index (κ1) is 16.8. The largest absolute Gasteiger partial charge is 0.382 e. The molecule has 0 unspecified atom stereocenters. The van der Waals surface area contributed by atoms with Gasteiger partial charge < -0.3 is 10.6 Å². The lowest BCUT2D eigenvalue weighted by Gasteiger charge is -2.30. The van der Waals surface area contributed by atoms with Crippen molar-refractivity contribution in [2.75, 3.05) is 5.32 Å². The third-order valence-electron chi connectivity index (χ3n) is 4.94. The number of rotatable bonds is 5.